The summed E-state index contributed by atoms with van der Waals surface area (Å²) in [5.41, 5.74) is 1.84. The molecule has 1 N–H and O–H groups in total. The average molecular weight is 395 g/mol. The molecule has 152 valence electrons. The number of para-hydroxylation sites is 1. The normalized spacial score (nSPS) is 17.7. The molecular weight excluding hydrogens is 369 g/mol. The van der Waals surface area contributed by atoms with E-state index in [2.05, 4.69) is 5.32 Å². The predicted octanol–water partition coefficient (Wildman–Crippen LogP) is 2.88. The van der Waals surface area contributed by atoms with Gasteiger partial charge in [0.15, 0.2) is 0 Å². The van der Waals surface area contributed by atoms with E-state index in [1.54, 1.807) is 17.0 Å². The first-order valence-electron chi connectivity index (χ1n) is 10.1. The Balaban J connectivity index is 1.34. The number of piperazine rings is 1. The Morgan fingerprint density at radius 3 is 2.28 bits per heavy atom. The van der Waals surface area contributed by atoms with Crippen LogP contribution in [-0.2, 0) is 16.1 Å². The van der Waals surface area contributed by atoms with Crippen molar-refractivity contribution in [1.29, 1.82) is 0 Å². The number of hydrogen-bond acceptors (Lipinski definition) is 3. The summed E-state index contributed by atoms with van der Waals surface area (Å²) in [5, 5.41) is 2.94. The number of aryl methyl sites for hydroxylation is 1. The molecular formula is C23H26FN3O2. The zero-order chi connectivity index (χ0) is 20.4. The van der Waals surface area contributed by atoms with Crippen LogP contribution in [0.2, 0.25) is 0 Å². The summed E-state index contributed by atoms with van der Waals surface area (Å²) in [6, 6.07) is 14.7. The van der Waals surface area contributed by atoms with Gasteiger partial charge in [-0.15, -0.1) is 0 Å². The van der Waals surface area contributed by atoms with Crippen LogP contribution in [0.5, 0.6) is 0 Å². The molecule has 2 amide bonds. The highest BCUT2D eigenvalue weighted by Gasteiger charge is 2.58. The second-order valence-corrected chi connectivity index (χ2v) is 7.98. The SMILES string of the molecule is Cc1ccc(CNC(=O)C2(C(=O)N3CCN(c4ccccc4F)CC3)CC2)cc1. The smallest absolute Gasteiger partial charge is 0.238 e. The first-order chi connectivity index (χ1) is 14.0. The van der Waals surface area contributed by atoms with E-state index in [0.29, 0.717) is 51.3 Å². The van der Waals surface area contributed by atoms with Gasteiger partial charge in [0.25, 0.3) is 0 Å². The minimum Gasteiger partial charge on any atom is -0.366 e. The van der Waals surface area contributed by atoms with E-state index in [1.807, 2.05) is 42.2 Å². The molecule has 2 fully saturated rings. The van der Waals surface area contributed by atoms with Crippen LogP contribution >= 0.6 is 0 Å². The predicted molar refractivity (Wildman–Crippen MR) is 110 cm³/mol. The van der Waals surface area contributed by atoms with Crippen molar-refractivity contribution in [2.45, 2.75) is 26.3 Å². The number of benzene rings is 2. The fourth-order valence-corrected chi connectivity index (χ4v) is 3.88. The molecule has 0 aromatic heterocycles. The summed E-state index contributed by atoms with van der Waals surface area (Å²) < 4.78 is 14.0. The van der Waals surface area contributed by atoms with E-state index >= 15 is 0 Å². The Morgan fingerprint density at radius 1 is 1.00 bits per heavy atom. The number of rotatable bonds is 5. The lowest BCUT2D eigenvalue weighted by Crippen LogP contribution is -2.53. The molecule has 1 heterocycles. The highest BCUT2D eigenvalue weighted by atomic mass is 19.1. The Morgan fingerprint density at radius 2 is 1.66 bits per heavy atom. The monoisotopic (exact) mass is 395 g/mol. The molecule has 6 heteroatoms. The highest BCUT2D eigenvalue weighted by Crippen LogP contribution is 2.47. The molecule has 0 unspecified atom stereocenters. The van der Waals surface area contributed by atoms with Crippen LogP contribution in [0.3, 0.4) is 0 Å². The molecule has 29 heavy (non-hydrogen) atoms. The van der Waals surface area contributed by atoms with Gasteiger partial charge >= 0.3 is 0 Å². The number of halogens is 1. The third-order valence-electron chi connectivity index (χ3n) is 5.93. The van der Waals surface area contributed by atoms with Gasteiger partial charge in [0, 0.05) is 32.7 Å². The number of carbonyl (C=O) groups is 2. The molecule has 5 nitrogen and oxygen atoms in total. The molecule has 1 saturated carbocycles. The highest BCUT2D eigenvalue weighted by molar-refractivity contribution is 6.07. The topological polar surface area (TPSA) is 52.7 Å². The summed E-state index contributed by atoms with van der Waals surface area (Å²) in [5.74, 6) is -0.520. The summed E-state index contributed by atoms with van der Waals surface area (Å²) in [4.78, 5) is 29.5. The minimum atomic E-state index is -0.912. The summed E-state index contributed by atoms with van der Waals surface area (Å²) in [6.07, 6.45) is 1.19. The average Bonchev–Trinajstić information content (AvgIpc) is 3.55. The molecule has 1 aliphatic carbocycles. The van der Waals surface area contributed by atoms with E-state index in [-0.39, 0.29) is 17.6 Å². The molecule has 1 aliphatic heterocycles. The van der Waals surface area contributed by atoms with E-state index in [1.165, 1.54) is 11.6 Å². The van der Waals surface area contributed by atoms with Gasteiger partial charge in [-0.05, 0) is 37.5 Å². The number of anilines is 1. The zero-order valence-corrected chi connectivity index (χ0v) is 16.7. The number of carbonyl (C=O) groups excluding carboxylic acids is 2. The van der Waals surface area contributed by atoms with Crippen molar-refractivity contribution in [2.75, 3.05) is 31.1 Å². The lowest BCUT2D eigenvalue weighted by Gasteiger charge is -2.37. The molecule has 0 spiro atoms. The molecule has 0 radical (unpaired) electrons. The third kappa shape index (κ3) is 3.97. The van der Waals surface area contributed by atoms with E-state index in [4.69, 9.17) is 0 Å². The van der Waals surface area contributed by atoms with Gasteiger partial charge in [-0.1, -0.05) is 42.0 Å². The fourth-order valence-electron chi connectivity index (χ4n) is 3.88. The zero-order valence-electron chi connectivity index (χ0n) is 16.7. The first kappa shape index (κ1) is 19.4. The van der Waals surface area contributed by atoms with Crippen molar-refractivity contribution < 1.29 is 14.0 Å². The van der Waals surface area contributed by atoms with E-state index in [0.717, 1.165) is 5.56 Å². The molecule has 2 aliphatic rings. The maximum absolute atomic E-state index is 14.0. The molecule has 1 saturated heterocycles. The van der Waals surface area contributed by atoms with Gasteiger partial charge < -0.3 is 15.1 Å². The summed E-state index contributed by atoms with van der Waals surface area (Å²) in [7, 11) is 0. The summed E-state index contributed by atoms with van der Waals surface area (Å²) in [6.45, 7) is 4.57. The molecule has 2 aromatic carbocycles. The number of hydrogen-bond donors (Lipinski definition) is 1. The van der Waals surface area contributed by atoms with Crippen LogP contribution in [0, 0.1) is 18.2 Å². The second kappa shape index (κ2) is 7.85. The number of amides is 2. The van der Waals surface area contributed by atoms with Gasteiger partial charge in [-0.3, -0.25) is 9.59 Å². The van der Waals surface area contributed by atoms with E-state index < -0.39 is 5.41 Å². The Bertz CT molecular complexity index is 901. The van der Waals surface area contributed by atoms with Crippen LogP contribution in [0.15, 0.2) is 48.5 Å². The maximum atomic E-state index is 14.0. The quantitative estimate of drug-likeness (QED) is 0.792. The molecule has 0 atom stereocenters. The van der Waals surface area contributed by atoms with Crippen LogP contribution in [0.1, 0.15) is 24.0 Å². The first-order valence-corrected chi connectivity index (χ1v) is 10.1. The Labute approximate surface area is 170 Å². The van der Waals surface area contributed by atoms with Crippen LogP contribution in [-0.4, -0.2) is 42.9 Å². The molecule has 4 rings (SSSR count). The van der Waals surface area contributed by atoms with Crippen molar-refractivity contribution in [3.63, 3.8) is 0 Å². The number of nitrogens with zero attached hydrogens (tertiary/aromatic N) is 2. The van der Waals surface area contributed by atoms with Crippen molar-refractivity contribution in [3.8, 4) is 0 Å². The van der Waals surface area contributed by atoms with Crippen LogP contribution in [0.4, 0.5) is 10.1 Å². The van der Waals surface area contributed by atoms with Crippen molar-refractivity contribution in [2.24, 2.45) is 5.41 Å². The van der Waals surface area contributed by atoms with Gasteiger partial charge in [0.1, 0.15) is 11.2 Å². The van der Waals surface area contributed by atoms with Crippen molar-refractivity contribution in [3.05, 3.63) is 65.5 Å². The second-order valence-electron chi connectivity index (χ2n) is 7.98. The van der Waals surface area contributed by atoms with E-state index in [9.17, 15) is 14.0 Å². The maximum Gasteiger partial charge on any atom is 0.238 e. The van der Waals surface area contributed by atoms with Crippen LogP contribution in [0.25, 0.3) is 0 Å². The minimum absolute atomic E-state index is 0.0907. The lowest BCUT2D eigenvalue weighted by atomic mass is 10.0. The van der Waals surface area contributed by atoms with Crippen LogP contribution < -0.4 is 10.2 Å². The summed E-state index contributed by atoms with van der Waals surface area (Å²) >= 11 is 0. The third-order valence-corrected chi connectivity index (χ3v) is 5.93. The Hall–Kier alpha value is -2.89. The molecule has 2 aromatic rings. The Kier molecular flexibility index (Phi) is 5.26. The standard InChI is InChI=1S/C23H26FN3O2/c1-17-6-8-18(9-7-17)16-25-21(28)23(10-11-23)22(29)27-14-12-26(13-15-27)20-5-3-2-4-19(20)24/h2-9H,10-16H2,1H3,(H,25,28). The van der Waals surface area contributed by atoms with Gasteiger partial charge in [-0.25, -0.2) is 4.39 Å². The van der Waals surface area contributed by atoms with Crippen molar-refractivity contribution in [1.82, 2.24) is 10.2 Å². The fraction of sp³-hybridized carbons (Fsp3) is 0.391. The van der Waals surface area contributed by atoms with Crippen molar-refractivity contribution >= 4 is 17.5 Å². The molecule has 0 bridgehead atoms. The van der Waals surface area contributed by atoms with Gasteiger partial charge in [-0.2, -0.15) is 0 Å². The lowest BCUT2D eigenvalue weighted by molar-refractivity contribution is -0.144. The van der Waals surface area contributed by atoms with Gasteiger partial charge in [0.05, 0.1) is 5.69 Å². The largest absolute Gasteiger partial charge is 0.366 e. The number of nitrogens with one attached hydrogen (secondary N) is 1. The van der Waals surface area contributed by atoms with Gasteiger partial charge in [0.2, 0.25) is 11.8 Å².